The number of aromatic nitrogens is 2. The number of amides is 2. The highest BCUT2D eigenvalue weighted by atomic mass is 16.4. The van der Waals surface area contributed by atoms with Crippen LogP contribution in [0.5, 0.6) is 0 Å². The van der Waals surface area contributed by atoms with E-state index in [1.165, 1.54) is 25.3 Å². The number of rotatable bonds is 8. The van der Waals surface area contributed by atoms with Crippen LogP contribution in [-0.2, 0) is 9.59 Å². The molecule has 3 N–H and O–H groups in total. The summed E-state index contributed by atoms with van der Waals surface area (Å²) in [7, 11) is 0. The summed E-state index contributed by atoms with van der Waals surface area (Å²) in [6, 6.07) is 14.8. The molecule has 9 nitrogen and oxygen atoms in total. The van der Waals surface area contributed by atoms with Crippen LogP contribution < -0.4 is 10.6 Å². The largest absolute Gasteiger partial charge is 0.478 e. The van der Waals surface area contributed by atoms with Crippen molar-refractivity contribution in [3.63, 3.8) is 0 Å². The van der Waals surface area contributed by atoms with Gasteiger partial charge < -0.3 is 24.7 Å². The molecule has 2 saturated carbocycles. The molecule has 0 radical (unpaired) electrons. The number of anilines is 1. The molecule has 2 aromatic heterocycles. The fourth-order valence-electron chi connectivity index (χ4n) is 6.62. The number of carboxylic acid groups (broad SMARTS) is 1. The Hall–Kier alpha value is -4.66. The van der Waals surface area contributed by atoms with E-state index in [0.29, 0.717) is 41.6 Å². The minimum absolute atomic E-state index is 0.258. The fraction of sp³-hybridized carbons (Fsp3) is 0.353. The van der Waals surface area contributed by atoms with Crippen LogP contribution in [0, 0.1) is 5.92 Å². The van der Waals surface area contributed by atoms with Crippen LogP contribution in [0.15, 0.2) is 71.6 Å². The van der Waals surface area contributed by atoms with Crippen LogP contribution in [0.2, 0.25) is 0 Å². The van der Waals surface area contributed by atoms with Crippen LogP contribution in [-0.4, -0.2) is 38.0 Å². The van der Waals surface area contributed by atoms with Gasteiger partial charge in [0.2, 0.25) is 5.91 Å². The molecule has 0 bridgehead atoms. The molecule has 0 unspecified atom stereocenters. The van der Waals surface area contributed by atoms with E-state index >= 15 is 0 Å². The van der Waals surface area contributed by atoms with E-state index in [1.807, 2.05) is 24.3 Å². The summed E-state index contributed by atoms with van der Waals surface area (Å²) >= 11 is 0. The Morgan fingerprint density at radius 2 is 1.79 bits per heavy atom. The third kappa shape index (κ3) is 5.84. The zero-order chi connectivity index (χ0) is 30.0. The molecule has 2 fully saturated rings. The Morgan fingerprint density at radius 1 is 1.02 bits per heavy atom. The van der Waals surface area contributed by atoms with Gasteiger partial charge in [0.1, 0.15) is 17.6 Å². The lowest BCUT2D eigenvalue weighted by Crippen LogP contribution is -2.55. The topological polar surface area (TPSA) is 126 Å². The number of imidazole rings is 1. The van der Waals surface area contributed by atoms with Crippen molar-refractivity contribution in [3.05, 3.63) is 78.3 Å². The van der Waals surface area contributed by atoms with Crippen LogP contribution in [0.4, 0.5) is 5.69 Å². The Labute approximate surface area is 250 Å². The third-order valence-corrected chi connectivity index (χ3v) is 8.96. The van der Waals surface area contributed by atoms with Gasteiger partial charge in [-0.05, 0) is 79.6 Å². The number of carboxylic acids is 1. The van der Waals surface area contributed by atoms with Crippen LogP contribution in [0.3, 0.4) is 0 Å². The van der Waals surface area contributed by atoms with Crippen molar-refractivity contribution in [2.75, 3.05) is 5.32 Å². The molecule has 43 heavy (non-hydrogen) atoms. The number of benzene rings is 2. The summed E-state index contributed by atoms with van der Waals surface area (Å²) in [5.74, 6) is -0.236. The molecule has 2 aliphatic carbocycles. The Morgan fingerprint density at radius 3 is 2.49 bits per heavy atom. The number of hydrogen-bond donors (Lipinski definition) is 3. The lowest BCUT2D eigenvalue weighted by molar-refractivity contribution is -0.131. The summed E-state index contributed by atoms with van der Waals surface area (Å²) in [6.07, 6.45) is 13.3. The molecule has 4 aromatic rings. The van der Waals surface area contributed by atoms with Crippen LogP contribution in [0.1, 0.15) is 80.3 Å². The number of nitrogens with zero attached hydrogens (tertiary/aromatic N) is 2. The van der Waals surface area contributed by atoms with Crippen molar-refractivity contribution < 1.29 is 23.9 Å². The smallest absolute Gasteiger partial charge is 0.328 e. The van der Waals surface area contributed by atoms with Gasteiger partial charge in [-0.3, -0.25) is 9.59 Å². The SMILES string of the molecule is C[C@@H]1CCCC[C@H]1n1c(-c2ccoc2)nc2cc(C(=O)NC3(C(=O)Nc4ccc(/C=C/C(=O)O)cc4)CCCC3)ccc21. The summed E-state index contributed by atoms with van der Waals surface area (Å²) < 4.78 is 7.71. The second-order valence-electron chi connectivity index (χ2n) is 11.8. The van der Waals surface area contributed by atoms with E-state index in [2.05, 4.69) is 22.1 Å². The first-order chi connectivity index (χ1) is 20.8. The Kier molecular flexibility index (Phi) is 7.88. The Balaban J connectivity index is 1.25. The van der Waals surface area contributed by atoms with Gasteiger partial charge in [0, 0.05) is 23.4 Å². The fourth-order valence-corrected chi connectivity index (χ4v) is 6.62. The maximum Gasteiger partial charge on any atom is 0.328 e. The molecule has 2 heterocycles. The molecule has 0 aliphatic heterocycles. The monoisotopic (exact) mass is 580 g/mol. The molecule has 2 atom stereocenters. The molecule has 222 valence electrons. The third-order valence-electron chi connectivity index (χ3n) is 8.96. The highest BCUT2D eigenvalue weighted by Crippen LogP contribution is 2.39. The summed E-state index contributed by atoms with van der Waals surface area (Å²) in [6.45, 7) is 2.30. The average Bonchev–Trinajstić information content (AvgIpc) is 3.77. The predicted molar refractivity (Wildman–Crippen MR) is 165 cm³/mol. The number of aliphatic carboxylic acids is 1. The molecule has 0 spiro atoms. The first-order valence-corrected chi connectivity index (χ1v) is 15.0. The number of furan rings is 1. The number of nitrogens with one attached hydrogen (secondary N) is 2. The van der Waals surface area contributed by atoms with E-state index in [0.717, 1.165) is 47.8 Å². The average molecular weight is 581 g/mol. The van der Waals surface area contributed by atoms with E-state index in [-0.39, 0.29) is 11.8 Å². The van der Waals surface area contributed by atoms with Gasteiger partial charge in [-0.1, -0.05) is 44.7 Å². The zero-order valence-corrected chi connectivity index (χ0v) is 24.2. The Bertz CT molecular complexity index is 1660. The van der Waals surface area contributed by atoms with Gasteiger partial charge in [0.15, 0.2) is 0 Å². The van der Waals surface area contributed by atoms with Gasteiger partial charge >= 0.3 is 5.97 Å². The maximum absolute atomic E-state index is 13.7. The lowest BCUT2D eigenvalue weighted by atomic mass is 9.85. The van der Waals surface area contributed by atoms with Crippen molar-refractivity contribution >= 4 is 40.6 Å². The molecule has 6 rings (SSSR count). The first kappa shape index (κ1) is 28.5. The highest BCUT2D eigenvalue weighted by Gasteiger charge is 2.42. The summed E-state index contributed by atoms with van der Waals surface area (Å²) in [4.78, 5) is 43.0. The van der Waals surface area contributed by atoms with E-state index in [4.69, 9.17) is 14.5 Å². The van der Waals surface area contributed by atoms with Crippen molar-refractivity contribution in [1.29, 1.82) is 0 Å². The molecular weight excluding hydrogens is 544 g/mol. The van der Waals surface area contributed by atoms with Crippen molar-refractivity contribution in [1.82, 2.24) is 14.9 Å². The summed E-state index contributed by atoms with van der Waals surface area (Å²) in [5, 5.41) is 14.9. The normalized spacial score (nSPS) is 19.9. The zero-order valence-electron chi connectivity index (χ0n) is 24.2. The van der Waals surface area contributed by atoms with Crippen molar-refractivity contribution in [3.8, 4) is 11.4 Å². The van der Waals surface area contributed by atoms with E-state index < -0.39 is 11.5 Å². The molecule has 2 amide bonds. The number of hydrogen-bond acceptors (Lipinski definition) is 5. The molecule has 9 heteroatoms. The van der Waals surface area contributed by atoms with Crippen molar-refractivity contribution in [2.45, 2.75) is 69.9 Å². The van der Waals surface area contributed by atoms with Crippen LogP contribution in [0.25, 0.3) is 28.5 Å². The first-order valence-electron chi connectivity index (χ1n) is 15.0. The van der Waals surface area contributed by atoms with Gasteiger partial charge in [-0.15, -0.1) is 0 Å². The number of carbonyl (C=O) groups is 3. The van der Waals surface area contributed by atoms with Gasteiger partial charge in [0.25, 0.3) is 5.91 Å². The highest BCUT2D eigenvalue weighted by molar-refractivity contribution is 6.05. The number of carbonyl (C=O) groups excluding carboxylic acids is 2. The molecule has 2 aliphatic rings. The lowest BCUT2D eigenvalue weighted by Gasteiger charge is -2.31. The van der Waals surface area contributed by atoms with Gasteiger partial charge in [-0.2, -0.15) is 0 Å². The van der Waals surface area contributed by atoms with E-state index in [1.54, 1.807) is 36.8 Å². The second kappa shape index (κ2) is 11.9. The molecular formula is C34H36N4O5. The minimum atomic E-state index is -1.03. The molecule has 0 saturated heterocycles. The van der Waals surface area contributed by atoms with Crippen molar-refractivity contribution in [2.24, 2.45) is 5.92 Å². The van der Waals surface area contributed by atoms with Gasteiger partial charge in [-0.25, -0.2) is 9.78 Å². The molecule has 2 aromatic carbocycles. The van der Waals surface area contributed by atoms with Gasteiger partial charge in [0.05, 0.1) is 22.9 Å². The quantitative estimate of drug-likeness (QED) is 0.196. The van der Waals surface area contributed by atoms with E-state index in [9.17, 15) is 14.4 Å². The minimum Gasteiger partial charge on any atom is -0.478 e. The summed E-state index contributed by atoms with van der Waals surface area (Å²) in [5.41, 5.74) is 3.36. The predicted octanol–water partition coefficient (Wildman–Crippen LogP) is 6.83. The maximum atomic E-state index is 13.7. The number of fused-ring (bicyclic) bond motifs is 1. The van der Waals surface area contributed by atoms with Crippen LogP contribution >= 0.6 is 0 Å². The second-order valence-corrected chi connectivity index (χ2v) is 11.8. The standard InChI is InChI=1S/C34H36N4O5/c1-22-6-2-3-7-28(22)38-29-14-11-24(20-27(29)36-31(38)25-16-19-43-21-25)32(41)37-34(17-4-5-18-34)33(42)35-26-12-8-23(9-13-26)10-15-30(39)40/h8-16,19-22,28H,2-7,17-18H2,1H3,(H,35,42)(H,37,41)(H,39,40)/b15-10+/t22-,28-/m1/s1.